The summed E-state index contributed by atoms with van der Waals surface area (Å²) in [6.45, 7) is -1.42. The number of carbonyl (C=O) groups excluding carboxylic acids is 1. The molecule has 1 aromatic carbocycles. The van der Waals surface area contributed by atoms with E-state index in [-0.39, 0.29) is 23.8 Å². The molecule has 0 radical (unpaired) electrons. The molecule has 9 heteroatoms. The van der Waals surface area contributed by atoms with Crippen molar-refractivity contribution in [3.8, 4) is 16.3 Å². The van der Waals surface area contributed by atoms with Crippen LogP contribution in [0.25, 0.3) is 10.6 Å². The minimum Gasteiger partial charge on any atom is -0.482 e. The normalized spacial score (nSPS) is 11.3. The van der Waals surface area contributed by atoms with Crippen molar-refractivity contribution in [2.24, 2.45) is 0 Å². The van der Waals surface area contributed by atoms with Crippen molar-refractivity contribution < 1.29 is 22.7 Å². The molecule has 2 heterocycles. The standard InChI is InChI=1S/C17H13F3N2O2S2/c18-17(19,20)10-24-14-4-2-1-3-13(14)22-15(23)7-12-9-26-16(21-12)11-5-6-25-8-11/h1-6,8-9H,7,10H2,(H,22,23). The Morgan fingerprint density at radius 1 is 1.19 bits per heavy atom. The number of hydrogen-bond acceptors (Lipinski definition) is 5. The lowest BCUT2D eigenvalue weighted by molar-refractivity contribution is -0.153. The molecule has 4 nitrogen and oxygen atoms in total. The summed E-state index contributed by atoms with van der Waals surface area (Å²) in [6, 6.07) is 7.95. The largest absolute Gasteiger partial charge is 0.482 e. The van der Waals surface area contributed by atoms with E-state index >= 15 is 0 Å². The predicted molar refractivity (Wildman–Crippen MR) is 95.8 cm³/mol. The van der Waals surface area contributed by atoms with Crippen LogP contribution in [0, 0.1) is 0 Å². The molecule has 0 aliphatic heterocycles. The molecule has 0 unspecified atom stereocenters. The molecule has 26 heavy (non-hydrogen) atoms. The molecular formula is C17H13F3N2O2S2. The topological polar surface area (TPSA) is 51.2 Å². The van der Waals surface area contributed by atoms with Crippen LogP contribution in [0.1, 0.15) is 5.69 Å². The van der Waals surface area contributed by atoms with E-state index in [2.05, 4.69) is 10.3 Å². The van der Waals surface area contributed by atoms with Crippen LogP contribution in [0.15, 0.2) is 46.5 Å². The van der Waals surface area contributed by atoms with Gasteiger partial charge in [0.05, 0.1) is 17.8 Å². The predicted octanol–water partition coefficient (Wildman–Crippen LogP) is 4.99. The Morgan fingerprint density at radius 3 is 2.73 bits per heavy atom. The molecule has 0 aliphatic carbocycles. The van der Waals surface area contributed by atoms with Gasteiger partial charge in [-0.1, -0.05) is 12.1 Å². The minimum atomic E-state index is -4.45. The molecule has 3 aromatic rings. The van der Waals surface area contributed by atoms with E-state index in [1.54, 1.807) is 22.8 Å². The fraction of sp³-hybridized carbons (Fsp3) is 0.176. The summed E-state index contributed by atoms with van der Waals surface area (Å²) in [5, 5.41) is 9.10. The van der Waals surface area contributed by atoms with E-state index in [9.17, 15) is 18.0 Å². The SMILES string of the molecule is O=C(Cc1csc(-c2ccsc2)n1)Nc1ccccc1OCC(F)(F)F. The summed E-state index contributed by atoms with van der Waals surface area (Å²) in [7, 11) is 0. The van der Waals surface area contributed by atoms with Gasteiger partial charge in [0.1, 0.15) is 10.8 Å². The highest BCUT2D eigenvalue weighted by atomic mass is 32.1. The summed E-state index contributed by atoms with van der Waals surface area (Å²) in [4.78, 5) is 16.6. The first-order chi connectivity index (χ1) is 12.4. The zero-order valence-electron chi connectivity index (χ0n) is 13.2. The number of anilines is 1. The van der Waals surface area contributed by atoms with E-state index < -0.39 is 12.8 Å². The summed E-state index contributed by atoms with van der Waals surface area (Å²) >= 11 is 3.00. The number of carbonyl (C=O) groups is 1. The molecule has 0 saturated carbocycles. The van der Waals surface area contributed by atoms with Gasteiger partial charge < -0.3 is 10.1 Å². The quantitative estimate of drug-likeness (QED) is 0.636. The number of thiophene rings is 1. The molecule has 0 saturated heterocycles. The van der Waals surface area contributed by atoms with Crippen LogP contribution >= 0.6 is 22.7 Å². The van der Waals surface area contributed by atoms with Gasteiger partial charge in [-0.25, -0.2) is 4.98 Å². The van der Waals surface area contributed by atoms with Crippen molar-refractivity contribution in [1.29, 1.82) is 0 Å². The van der Waals surface area contributed by atoms with Crippen molar-refractivity contribution in [3.63, 3.8) is 0 Å². The monoisotopic (exact) mass is 398 g/mol. The van der Waals surface area contributed by atoms with Crippen LogP contribution in [-0.2, 0) is 11.2 Å². The van der Waals surface area contributed by atoms with Crippen molar-refractivity contribution in [2.45, 2.75) is 12.6 Å². The van der Waals surface area contributed by atoms with Crippen molar-refractivity contribution >= 4 is 34.3 Å². The van der Waals surface area contributed by atoms with Gasteiger partial charge in [0, 0.05) is 16.3 Å². The Labute approximate surface area is 155 Å². The average Bonchev–Trinajstić information content (AvgIpc) is 3.24. The maximum absolute atomic E-state index is 12.3. The highest BCUT2D eigenvalue weighted by molar-refractivity contribution is 7.14. The van der Waals surface area contributed by atoms with E-state index in [1.165, 1.54) is 29.5 Å². The Morgan fingerprint density at radius 2 is 2.00 bits per heavy atom. The molecule has 136 valence electrons. The highest BCUT2D eigenvalue weighted by Crippen LogP contribution is 2.28. The van der Waals surface area contributed by atoms with Crippen LogP contribution in [0.5, 0.6) is 5.75 Å². The fourth-order valence-corrected chi connectivity index (χ4v) is 3.65. The van der Waals surface area contributed by atoms with E-state index in [0.717, 1.165) is 10.6 Å². The number of benzene rings is 1. The van der Waals surface area contributed by atoms with Crippen LogP contribution in [0.3, 0.4) is 0 Å². The van der Waals surface area contributed by atoms with E-state index in [0.29, 0.717) is 5.69 Å². The molecule has 0 bridgehead atoms. The number of alkyl halides is 3. The summed E-state index contributed by atoms with van der Waals surface area (Å²) in [5.74, 6) is -0.411. The Balaban J connectivity index is 1.63. The number of nitrogens with one attached hydrogen (secondary N) is 1. The lowest BCUT2D eigenvalue weighted by Crippen LogP contribution is -2.20. The average molecular weight is 398 g/mol. The molecule has 0 fully saturated rings. The minimum absolute atomic E-state index is 0.0221. The third kappa shape index (κ3) is 5.06. The lowest BCUT2D eigenvalue weighted by atomic mass is 10.2. The number of thiazole rings is 1. The number of halogens is 3. The molecule has 3 rings (SSSR count). The number of rotatable bonds is 6. The van der Waals surface area contributed by atoms with Crippen molar-refractivity contribution in [3.05, 3.63) is 52.2 Å². The first-order valence-corrected chi connectivity index (χ1v) is 9.28. The second kappa shape index (κ2) is 7.88. The van der Waals surface area contributed by atoms with Crippen molar-refractivity contribution in [1.82, 2.24) is 4.98 Å². The maximum atomic E-state index is 12.3. The first-order valence-electron chi connectivity index (χ1n) is 7.46. The molecular weight excluding hydrogens is 385 g/mol. The number of ether oxygens (including phenoxy) is 1. The van der Waals surface area contributed by atoms with Gasteiger partial charge >= 0.3 is 6.18 Å². The second-order valence-corrected chi connectivity index (χ2v) is 6.92. The van der Waals surface area contributed by atoms with Gasteiger partial charge in [0.2, 0.25) is 5.91 Å². The molecule has 1 amide bonds. The van der Waals surface area contributed by atoms with Crippen LogP contribution in [-0.4, -0.2) is 23.7 Å². The number of nitrogens with zero attached hydrogens (tertiary/aromatic N) is 1. The summed E-state index contributed by atoms with van der Waals surface area (Å²) < 4.78 is 41.7. The van der Waals surface area contributed by atoms with E-state index in [1.807, 2.05) is 16.8 Å². The smallest absolute Gasteiger partial charge is 0.422 e. The molecule has 1 N–H and O–H groups in total. The Bertz CT molecular complexity index is 876. The summed E-state index contributed by atoms with van der Waals surface area (Å²) in [6.07, 6.45) is -4.43. The number of amides is 1. The highest BCUT2D eigenvalue weighted by Gasteiger charge is 2.28. The lowest BCUT2D eigenvalue weighted by Gasteiger charge is -2.13. The summed E-state index contributed by atoms with van der Waals surface area (Å²) in [5.41, 5.74) is 1.79. The fourth-order valence-electron chi connectivity index (χ4n) is 2.12. The van der Waals surface area contributed by atoms with Gasteiger partial charge in [0.15, 0.2) is 6.61 Å². The van der Waals surface area contributed by atoms with Crippen LogP contribution in [0.4, 0.5) is 18.9 Å². The van der Waals surface area contributed by atoms with E-state index in [4.69, 9.17) is 4.74 Å². The molecule has 2 aromatic heterocycles. The van der Waals surface area contributed by atoms with Crippen LogP contribution in [0.2, 0.25) is 0 Å². The molecule has 0 aliphatic rings. The number of para-hydroxylation sites is 2. The third-order valence-electron chi connectivity index (χ3n) is 3.21. The zero-order valence-corrected chi connectivity index (χ0v) is 14.9. The third-order valence-corrected chi connectivity index (χ3v) is 4.84. The van der Waals surface area contributed by atoms with Gasteiger partial charge in [-0.2, -0.15) is 24.5 Å². The van der Waals surface area contributed by atoms with Gasteiger partial charge in [-0.15, -0.1) is 11.3 Å². The van der Waals surface area contributed by atoms with Gasteiger partial charge in [-0.05, 0) is 23.6 Å². The van der Waals surface area contributed by atoms with Crippen LogP contribution < -0.4 is 10.1 Å². The molecule has 0 spiro atoms. The number of aromatic nitrogens is 1. The zero-order chi connectivity index (χ0) is 18.6. The molecule has 0 atom stereocenters. The maximum Gasteiger partial charge on any atom is 0.422 e. The van der Waals surface area contributed by atoms with Crippen molar-refractivity contribution in [2.75, 3.05) is 11.9 Å². The first kappa shape index (κ1) is 18.4. The second-order valence-electron chi connectivity index (χ2n) is 5.28. The number of hydrogen-bond donors (Lipinski definition) is 1. The van der Waals surface area contributed by atoms with Gasteiger partial charge in [-0.3, -0.25) is 4.79 Å². The Hall–Kier alpha value is -2.39. The van der Waals surface area contributed by atoms with Gasteiger partial charge in [0.25, 0.3) is 0 Å². The Kier molecular flexibility index (Phi) is 5.58.